The van der Waals surface area contributed by atoms with Gasteiger partial charge in [0, 0.05) is 0 Å². The molecule has 0 aliphatic heterocycles. The number of nitrogens with one attached hydrogen (secondary N) is 1. The third kappa shape index (κ3) is 37.1. The molecule has 0 heterocycles. The number of unbranched alkanes of at least 4 members (excludes halogenated alkanes) is 28. The number of hydrogen-bond acceptors (Lipinski definition) is 5. The standard InChI is InChI=1S/C44H85NO6S/c1-3-5-7-9-11-13-15-17-19-21-23-25-27-29-31-33-35-37-39-43(47)44(48)45-41(40-52(49,50)51)42(46)38-36-34-32-30-28-26-24-22-20-18-16-14-12-10-8-6-4-2/h11,13,15,17,41-43,46-47H,3-10,12,14,16,18-40H2,1-2H3,(H,45,48)(H,49,50,51)/b13-11-,17-15-. The molecule has 3 unspecified atom stereocenters. The molecule has 0 aromatic carbocycles. The van der Waals surface area contributed by atoms with Gasteiger partial charge in [-0.3, -0.25) is 9.35 Å². The highest BCUT2D eigenvalue weighted by atomic mass is 32.2. The number of aliphatic hydroxyl groups excluding tert-OH is 2. The first-order valence-electron chi connectivity index (χ1n) is 22.1. The first-order chi connectivity index (χ1) is 25.2. The van der Waals surface area contributed by atoms with Gasteiger partial charge in [0.25, 0.3) is 10.1 Å². The minimum Gasteiger partial charge on any atom is -0.391 e. The summed E-state index contributed by atoms with van der Waals surface area (Å²) in [6.07, 6.45) is 44.7. The molecule has 8 heteroatoms. The quantitative estimate of drug-likeness (QED) is 0.0280. The van der Waals surface area contributed by atoms with Gasteiger partial charge in [0.15, 0.2) is 0 Å². The first kappa shape index (κ1) is 50.8. The Hall–Kier alpha value is -1.22. The zero-order valence-corrected chi connectivity index (χ0v) is 34.9. The summed E-state index contributed by atoms with van der Waals surface area (Å²) in [5.41, 5.74) is 0. The molecule has 7 nitrogen and oxygen atoms in total. The molecule has 0 spiro atoms. The number of amides is 1. The van der Waals surface area contributed by atoms with E-state index in [1.165, 1.54) is 141 Å². The maximum atomic E-state index is 12.6. The fraction of sp³-hybridized carbons (Fsp3) is 0.886. The number of rotatable bonds is 40. The van der Waals surface area contributed by atoms with E-state index in [1.54, 1.807) is 0 Å². The van der Waals surface area contributed by atoms with Crippen LogP contribution < -0.4 is 5.32 Å². The Morgan fingerprint density at radius 1 is 0.519 bits per heavy atom. The second kappa shape index (κ2) is 38.1. The van der Waals surface area contributed by atoms with Crippen molar-refractivity contribution in [2.75, 3.05) is 5.75 Å². The summed E-state index contributed by atoms with van der Waals surface area (Å²) in [5, 5.41) is 23.6. The number of carbonyl (C=O) groups excluding carboxylic acids is 1. The lowest BCUT2D eigenvalue weighted by Gasteiger charge is -2.24. The molecule has 4 N–H and O–H groups in total. The Balaban J connectivity index is 3.94. The Morgan fingerprint density at radius 3 is 1.25 bits per heavy atom. The van der Waals surface area contributed by atoms with E-state index in [4.69, 9.17) is 0 Å². The van der Waals surface area contributed by atoms with E-state index < -0.39 is 40.0 Å². The fourth-order valence-electron chi connectivity index (χ4n) is 6.86. The maximum absolute atomic E-state index is 12.6. The second-order valence-electron chi connectivity index (χ2n) is 15.5. The molecule has 0 bridgehead atoms. The number of allylic oxidation sites excluding steroid dienone is 4. The molecule has 0 aromatic rings. The van der Waals surface area contributed by atoms with Crippen LogP contribution in [0.25, 0.3) is 0 Å². The third-order valence-corrected chi connectivity index (χ3v) is 11.1. The lowest BCUT2D eigenvalue weighted by atomic mass is 10.0. The van der Waals surface area contributed by atoms with Crippen molar-refractivity contribution < 1.29 is 28.0 Å². The van der Waals surface area contributed by atoms with Gasteiger partial charge >= 0.3 is 0 Å². The molecule has 0 radical (unpaired) electrons. The lowest BCUT2D eigenvalue weighted by molar-refractivity contribution is -0.131. The van der Waals surface area contributed by atoms with Crippen LogP contribution in [0.4, 0.5) is 0 Å². The van der Waals surface area contributed by atoms with Crippen LogP contribution in [0, 0.1) is 0 Å². The Morgan fingerprint density at radius 2 is 0.846 bits per heavy atom. The molecule has 0 fully saturated rings. The molecule has 3 atom stereocenters. The van der Waals surface area contributed by atoms with Crippen LogP contribution >= 0.6 is 0 Å². The van der Waals surface area contributed by atoms with E-state index in [1.807, 2.05) is 0 Å². The van der Waals surface area contributed by atoms with Gasteiger partial charge in [-0.1, -0.05) is 212 Å². The van der Waals surface area contributed by atoms with Gasteiger partial charge in [-0.2, -0.15) is 8.42 Å². The molecule has 52 heavy (non-hydrogen) atoms. The van der Waals surface area contributed by atoms with Crippen molar-refractivity contribution in [3.63, 3.8) is 0 Å². The van der Waals surface area contributed by atoms with Crippen LogP contribution in [0.5, 0.6) is 0 Å². The SMILES string of the molecule is CCCCC/C=C\C=C/CCCCCCCCCCCC(O)C(=O)NC(CS(=O)(=O)O)C(O)CCCCCCCCCCCCCCCCCCC. The normalized spacial score (nSPS) is 14.0. The van der Waals surface area contributed by atoms with Gasteiger partial charge in [-0.05, 0) is 38.5 Å². The fourth-order valence-corrected chi connectivity index (χ4v) is 7.62. The van der Waals surface area contributed by atoms with Crippen molar-refractivity contribution in [2.45, 2.75) is 244 Å². The summed E-state index contributed by atoms with van der Waals surface area (Å²) in [6.45, 7) is 4.49. The smallest absolute Gasteiger partial charge is 0.266 e. The summed E-state index contributed by atoms with van der Waals surface area (Å²) in [5.74, 6) is -1.45. The zero-order chi connectivity index (χ0) is 38.4. The van der Waals surface area contributed by atoms with Gasteiger partial charge in [0.05, 0.1) is 17.9 Å². The summed E-state index contributed by atoms with van der Waals surface area (Å²) in [6, 6.07) is -1.15. The highest BCUT2D eigenvalue weighted by Crippen LogP contribution is 2.17. The van der Waals surface area contributed by atoms with Gasteiger partial charge in [-0.15, -0.1) is 0 Å². The molecule has 0 rings (SSSR count). The topological polar surface area (TPSA) is 124 Å². The molecule has 0 aromatic heterocycles. The predicted molar refractivity (Wildman–Crippen MR) is 222 cm³/mol. The Kier molecular flexibility index (Phi) is 37.2. The average molecular weight is 756 g/mol. The summed E-state index contributed by atoms with van der Waals surface area (Å²) >= 11 is 0. The predicted octanol–water partition coefficient (Wildman–Crippen LogP) is 12.1. The van der Waals surface area contributed by atoms with Crippen molar-refractivity contribution in [3.05, 3.63) is 24.3 Å². The van der Waals surface area contributed by atoms with Crippen LogP contribution in [-0.2, 0) is 14.9 Å². The van der Waals surface area contributed by atoms with Crippen LogP contribution in [0.15, 0.2) is 24.3 Å². The summed E-state index contributed by atoms with van der Waals surface area (Å²) in [7, 11) is -4.41. The molecule has 0 aliphatic carbocycles. The minimum absolute atomic E-state index is 0.293. The first-order valence-corrected chi connectivity index (χ1v) is 23.8. The summed E-state index contributed by atoms with van der Waals surface area (Å²) < 4.78 is 32.6. The van der Waals surface area contributed by atoms with E-state index >= 15 is 0 Å². The van der Waals surface area contributed by atoms with E-state index in [0.29, 0.717) is 25.7 Å². The Labute approximate surface area is 322 Å². The van der Waals surface area contributed by atoms with E-state index in [0.717, 1.165) is 44.9 Å². The second-order valence-corrected chi connectivity index (χ2v) is 17.0. The van der Waals surface area contributed by atoms with E-state index in [9.17, 15) is 28.0 Å². The highest BCUT2D eigenvalue weighted by molar-refractivity contribution is 7.85. The third-order valence-electron chi connectivity index (χ3n) is 10.3. The molecule has 0 saturated heterocycles. The average Bonchev–Trinajstić information content (AvgIpc) is 3.11. The largest absolute Gasteiger partial charge is 0.391 e. The molecule has 0 saturated carbocycles. The summed E-state index contributed by atoms with van der Waals surface area (Å²) in [4.78, 5) is 12.6. The van der Waals surface area contributed by atoms with Crippen LogP contribution in [0.3, 0.4) is 0 Å². The highest BCUT2D eigenvalue weighted by Gasteiger charge is 2.28. The Bertz CT molecular complexity index is 937. The van der Waals surface area contributed by atoms with Crippen molar-refractivity contribution >= 4 is 16.0 Å². The molecule has 308 valence electrons. The van der Waals surface area contributed by atoms with Gasteiger partial charge in [-0.25, -0.2) is 0 Å². The number of carbonyl (C=O) groups is 1. The molecule has 0 aliphatic rings. The van der Waals surface area contributed by atoms with Crippen LogP contribution in [-0.4, -0.2) is 53.1 Å². The monoisotopic (exact) mass is 756 g/mol. The minimum atomic E-state index is -4.41. The molecular formula is C44H85NO6S. The molecule has 1 amide bonds. The van der Waals surface area contributed by atoms with Gasteiger partial charge in [0.1, 0.15) is 6.10 Å². The van der Waals surface area contributed by atoms with Gasteiger partial charge < -0.3 is 15.5 Å². The lowest BCUT2D eigenvalue weighted by Crippen LogP contribution is -2.50. The van der Waals surface area contributed by atoms with Crippen molar-refractivity contribution in [1.82, 2.24) is 5.32 Å². The number of aliphatic hydroxyl groups is 2. The van der Waals surface area contributed by atoms with Crippen LogP contribution in [0.2, 0.25) is 0 Å². The number of hydrogen-bond donors (Lipinski definition) is 4. The van der Waals surface area contributed by atoms with E-state index in [2.05, 4.69) is 43.5 Å². The van der Waals surface area contributed by atoms with Gasteiger partial charge in [0.2, 0.25) is 5.91 Å². The van der Waals surface area contributed by atoms with Crippen molar-refractivity contribution in [3.8, 4) is 0 Å². The molecular weight excluding hydrogens is 671 g/mol. The zero-order valence-electron chi connectivity index (χ0n) is 34.1. The van der Waals surface area contributed by atoms with Crippen molar-refractivity contribution in [2.24, 2.45) is 0 Å². The maximum Gasteiger partial charge on any atom is 0.266 e. The van der Waals surface area contributed by atoms with E-state index in [-0.39, 0.29) is 0 Å². The van der Waals surface area contributed by atoms with Crippen LogP contribution in [0.1, 0.15) is 226 Å². The van der Waals surface area contributed by atoms with Crippen molar-refractivity contribution in [1.29, 1.82) is 0 Å².